The summed E-state index contributed by atoms with van der Waals surface area (Å²) in [4.78, 5) is 26.4. The molecule has 3 aromatic carbocycles. The van der Waals surface area contributed by atoms with Crippen molar-refractivity contribution in [2.45, 2.75) is 74.2 Å². The number of sulfone groups is 1. The number of sulfonamides is 1. The predicted octanol–water partition coefficient (Wildman–Crippen LogP) is 6.31. The quantitative estimate of drug-likeness (QED) is 0.203. The van der Waals surface area contributed by atoms with E-state index in [1.807, 2.05) is 12.1 Å². The molecule has 0 radical (unpaired) electrons. The SMILES string of the molecule is CC(C)(C)OC(=O)N(CCc1ccc(S(=O)(=O)c2ccc(NS(C)(=O)=O)c(C(=O)O)c2)cc1)C[C@H](OC1CCCCO1)c1cccc(Cl)c1. The lowest BCUT2D eigenvalue weighted by Crippen LogP contribution is -2.41. The summed E-state index contributed by atoms with van der Waals surface area (Å²) in [6.45, 7) is 6.26. The topological polar surface area (TPSA) is 166 Å². The molecule has 1 amide bonds. The van der Waals surface area contributed by atoms with Gasteiger partial charge < -0.3 is 24.2 Å². The molecular formula is C34H41ClN2O10S2. The first kappa shape index (κ1) is 38.1. The maximum Gasteiger partial charge on any atom is 0.410 e. The van der Waals surface area contributed by atoms with E-state index in [9.17, 15) is 31.5 Å². The summed E-state index contributed by atoms with van der Waals surface area (Å²) in [6, 6.07) is 16.4. The van der Waals surface area contributed by atoms with Crippen molar-refractivity contribution in [1.82, 2.24) is 4.90 Å². The van der Waals surface area contributed by atoms with Gasteiger partial charge in [-0.1, -0.05) is 35.9 Å². The minimum absolute atomic E-state index is 0.0951. The van der Waals surface area contributed by atoms with E-state index < -0.39 is 55.5 Å². The lowest BCUT2D eigenvalue weighted by atomic mass is 10.1. The van der Waals surface area contributed by atoms with Gasteiger partial charge in [0.25, 0.3) is 0 Å². The minimum atomic E-state index is -4.17. The first-order chi connectivity index (χ1) is 22.9. The van der Waals surface area contributed by atoms with E-state index in [0.29, 0.717) is 18.1 Å². The molecule has 1 fully saturated rings. The van der Waals surface area contributed by atoms with E-state index in [-0.39, 0.29) is 28.6 Å². The zero-order valence-corrected chi connectivity index (χ0v) is 30.1. The number of hydrogen-bond donors (Lipinski definition) is 2. The molecule has 4 rings (SSSR count). The molecule has 15 heteroatoms. The Balaban J connectivity index is 1.55. The number of nitrogens with one attached hydrogen (secondary N) is 1. The second kappa shape index (κ2) is 15.9. The first-order valence-corrected chi connectivity index (χ1v) is 19.4. The van der Waals surface area contributed by atoms with Gasteiger partial charge in [0, 0.05) is 18.2 Å². The maximum atomic E-state index is 13.5. The summed E-state index contributed by atoms with van der Waals surface area (Å²) >= 11 is 6.31. The van der Waals surface area contributed by atoms with Crippen LogP contribution in [0.5, 0.6) is 0 Å². The van der Waals surface area contributed by atoms with Crippen LogP contribution in [0.25, 0.3) is 0 Å². The van der Waals surface area contributed by atoms with Gasteiger partial charge in [-0.25, -0.2) is 26.4 Å². The normalized spacial score (nSPS) is 16.1. The molecule has 1 aliphatic rings. The minimum Gasteiger partial charge on any atom is -0.478 e. The van der Waals surface area contributed by atoms with Crippen molar-refractivity contribution >= 4 is 49.2 Å². The fraction of sp³-hybridized carbons (Fsp3) is 0.412. The Morgan fingerprint density at radius 1 is 1.02 bits per heavy atom. The van der Waals surface area contributed by atoms with Crippen LogP contribution in [-0.2, 0) is 40.5 Å². The average molecular weight is 737 g/mol. The van der Waals surface area contributed by atoms with Crippen molar-refractivity contribution in [1.29, 1.82) is 0 Å². The molecule has 1 unspecified atom stereocenters. The molecule has 0 bridgehead atoms. The number of nitrogens with zero attached hydrogens (tertiary/aromatic N) is 1. The fourth-order valence-electron chi connectivity index (χ4n) is 5.11. The lowest BCUT2D eigenvalue weighted by molar-refractivity contribution is -0.192. The van der Waals surface area contributed by atoms with Crippen LogP contribution in [0, 0.1) is 0 Å². The van der Waals surface area contributed by atoms with Crippen molar-refractivity contribution in [2.24, 2.45) is 0 Å². The number of carboxylic acids is 1. The van der Waals surface area contributed by atoms with Gasteiger partial charge in [-0.3, -0.25) is 4.72 Å². The number of carboxylic acid groups (broad SMARTS) is 1. The molecule has 3 aromatic rings. The molecule has 0 aliphatic carbocycles. The number of carbonyl (C=O) groups is 2. The lowest BCUT2D eigenvalue weighted by Gasteiger charge is -2.33. The van der Waals surface area contributed by atoms with Crippen LogP contribution in [0.1, 0.15) is 67.6 Å². The summed E-state index contributed by atoms with van der Waals surface area (Å²) in [5.74, 6) is -1.50. The summed E-state index contributed by atoms with van der Waals surface area (Å²) in [5.41, 5.74) is -0.0316. The zero-order chi connectivity index (χ0) is 36.0. The van der Waals surface area contributed by atoms with E-state index in [0.717, 1.165) is 54.8 Å². The Kier molecular flexibility index (Phi) is 12.4. The Labute approximate surface area is 292 Å². The average Bonchev–Trinajstić information content (AvgIpc) is 3.01. The van der Waals surface area contributed by atoms with Crippen molar-refractivity contribution in [3.63, 3.8) is 0 Å². The Bertz CT molecular complexity index is 1850. The third kappa shape index (κ3) is 11.2. The smallest absolute Gasteiger partial charge is 0.410 e. The number of halogens is 1. The van der Waals surface area contributed by atoms with E-state index in [1.165, 1.54) is 12.1 Å². The molecule has 0 saturated carbocycles. The number of rotatable bonds is 13. The molecule has 49 heavy (non-hydrogen) atoms. The zero-order valence-electron chi connectivity index (χ0n) is 27.7. The van der Waals surface area contributed by atoms with E-state index in [2.05, 4.69) is 4.72 Å². The number of ether oxygens (including phenoxy) is 3. The number of aromatic carboxylic acids is 1. The van der Waals surface area contributed by atoms with Crippen LogP contribution in [0.3, 0.4) is 0 Å². The molecule has 1 aliphatic heterocycles. The largest absolute Gasteiger partial charge is 0.478 e. The van der Waals surface area contributed by atoms with Crippen molar-refractivity contribution in [3.8, 4) is 0 Å². The number of anilines is 1. The monoisotopic (exact) mass is 736 g/mol. The van der Waals surface area contributed by atoms with Gasteiger partial charge in [-0.2, -0.15) is 0 Å². The molecule has 1 saturated heterocycles. The number of amides is 1. The summed E-state index contributed by atoms with van der Waals surface area (Å²) in [7, 11) is -7.97. The van der Waals surface area contributed by atoms with Crippen molar-refractivity contribution < 1.29 is 45.7 Å². The third-order valence-corrected chi connectivity index (χ3v) is 10.0. The van der Waals surface area contributed by atoms with Gasteiger partial charge in [0.05, 0.1) is 33.8 Å². The van der Waals surface area contributed by atoms with Crippen LogP contribution in [0.2, 0.25) is 5.02 Å². The summed E-state index contributed by atoms with van der Waals surface area (Å²) in [5, 5.41) is 10.1. The number of benzene rings is 3. The standard InChI is InChI=1S/C34H41ClN2O10S2/c1-34(2,3)47-33(40)37(22-30(24-8-7-9-25(35)20-24)46-31-10-5-6-19-45-31)18-17-23-11-13-26(14-12-23)49(43,44)27-15-16-29(36-48(4,41)42)28(21-27)32(38)39/h7-9,11-16,20-21,30-31,36H,5-6,10,17-19,22H2,1-4H3,(H,38,39)/t30-,31?/m0/s1. The van der Waals surface area contributed by atoms with Crippen molar-refractivity contribution in [2.75, 3.05) is 30.7 Å². The molecular weight excluding hydrogens is 696 g/mol. The maximum absolute atomic E-state index is 13.5. The van der Waals surface area contributed by atoms with Gasteiger partial charge >= 0.3 is 12.1 Å². The number of hydrogen-bond acceptors (Lipinski definition) is 9. The Morgan fingerprint density at radius 2 is 1.71 bits per heavy atom. The van der Waals surface area contributed by atoms with Crippen LogP contribution in [0.15, 0.2) is 76.5 Å². The summed E-state index contributed by atoms with van der Waals surface area (Å²) < 4.78 is 70.1. The first-order valence-electron chi connectivity index (χ1n) is 15.6. The fourth-order valence-corrected chi connectivity index (χ4v) is 7.17. The third-order valence-electron chi connectivity index (χ3n) is 7.44. The second-order valence-corrected chi connectivity index (χ2v) is 16.8. The molecule has 2 N–H and O–H groups in total. The van der Waals surface area contributed by atoms with Crippen LogP contribution < -0.4 is 4.72 Å². The highest BCUT2D eigenvalue weighted by molar-refractivity contribution is 7.92. The van der Waals surface area contributed by atoms with Crippen LogP contribution in [-0.4, -0.2) is 76.7 Å². The van der Waals surface area contributed by atoms with Crippen LogP contribution >= 0.6 is 11.6 Å². The van der Waals surface area contributed by atoms with Crippen molar-refractivity contribution in [3.05, 3.63) is 88.4 Å². The van der Waals surface area contributed by atoms with E-state index in [4.69, 9.17) is 25.8 Å². The second-order valence-electron chi connectivity index (χ2n) is 12.7. The molecule has 2 atom stereocenters. The van der Waals surface area contributed by atoms with E-state index in [1.54, 1.807) is 49.9 Å². The molecule has 0 aromatic heterocycles. The van der Waals surface area contributed by atoms with Gasteiger partial charge in [0.1, 0.15) is 11.7 Å². The predicted molar refractivity (Wildman–Crippen MR) is 184 cm³/mol. The molecule has 0 spiro atoms. The van der Waals surface area contributed by atoms with Gasteiger partial charge in [-0.05, 0) is 100 Å². The molecule has 12 nitrogen and oxygen atoms in total. The highest BCUT2D eigenvalue weighted by Gasteiger charge is 2.29. The summed E-state index contributed by atoms with van der Waals surface area (Å²) in [6.07, 6.45) is 2.27. The van der Waals surface area contributed by atoms with Gasteiger partial charge in [-0.15, -0.1) is 0 Å². The number of carbonyl (C=O) groups excluding carboxylic acids is 1. The molecule has 1 heterocycles. The molecule has 266 valence electrons. The highest BCUT2D eigenvalue weighted by Crippen LogP contribution is 2.29. The van der Waals surface area contributed by atoms with E-state index >= 15 is 0 Å². The Morgan fingerprint density at radius 3 is 2.31 bits per heavy atom. The van der Waals surface area contributed by atoms with Gasteiger partial charge in [0.15, 0.2) is 6.29 Å². The van der Waals surface area contributed by atoms with Gasteiger partial charge in [0.2, 0.25) is 19.9 Å². The van der Waals surface area contributed by atoms with Crippen LogP contribution in [0.4, 0.5) is 10.5 Å². The Hall–Kier alpha value is -3.69. The highest BCUT2D eigenvalue weighted by atomic mass is 35.5.